The van der Waals surface area contributed by atoms with Crippen LogP contribution < -0.4 is 0 Å². The average Bonchev–Trinajstić information content (AvgIpc) is 2.80. The minimum atomic E-state index is -0.437. The SMILES string of the molecule is CCOC(=O)c1ccc(C(C(C)=O)c2ccc3c(c2)C(c2ccc(O)cc2)=CCC3(C)C)cc1. The molecular weight excluding hydrogens is 424 g/mol. The van der Waals surface area contributed by atoms with Crippen molar-refractivity contribution >= 4 is 17.3 Å². The van der Waals surface area contributed by atoms with Gasteiger partial charge in [-0.05, 0) is 89.4 Å². The number of carbonyl (C=O) groups excluding carboxylic acids is 2. The van der Waals surface area contributed by atoms with Gasteiger partial charge in [0.2, 0.25) is 0 Å². The lowest BCUT2D eigenvalue weighted by Gasteiger charge is -2.33. The van der Waals surface area contributed by atoms with Gasteiger partial charge in [0.25, 0.3) is 0 Å². The predicted octanol–water partition coefficient (Wildman–Crippen LogP) is 6.40. The van der Waals surface area contributed by atoms with E-state index in [1.54, 1.807) is 38.1 Å². The number of phenols is 1. The first-order valence-corrected chi connectivity index (χ1v) is 11.6. The van der Waals surface area contributed by atoms with Crippen molar-refractivity contribution in [2.75, 3.05) is 6.61 Å². The van der Waals surface area contributed by atoms with Gasteiger partial charge in [0.1, 0.15) is 11.5 Å². The van der Waals surface area contributed by atoms with Crippen molar-refractivity contribution in [3.63, 3.8) is 0 Å². The van der Waals surface area contributed by atoms with Crippen LogP contribution in [0.25, 0.3) is 5.57 Å². The van der Waals surface area contributed by atoms with Gasteiger partial charge in [0.15, 0.2) is 0 Å². The highest BCUT2D eigenvalue weighted by Crippen LogP contribution is 2.43. The number of esters is 1. The standard InChI is InChI=1S/C30H30O4/c1-5-34-29(33)22-8-6-21(7-9-22)28(19(2)31)23-12-15-27-26(18-23)25(16-17-30(27,3)4)20-10-13-24(32)14-11-20/h6-16,18,28,32H,5,17H2,1-4H3. The molecule has 0 fully saturated rings. The third-order valence-corrected chi connectivity index (χ3v) is 6.55. The molecular formula is C30H30O4. The third kappa shape index (κ3) is 4.54. The van der Waals surface area contributed by atoms with Crippen molar-refractivity contribution in [3.8, 4) is 5.75 Å². The van der Waals surface area contributed by atoms with Gasteiger partial charge in [-0.25, -0.2) is 4.79 Å². The Morgan fingerprint density at radius 2 is 1.62 bits per heavy atom. The lowest BCUT2D eigenvalue weighted by atomic mass is 9.71. The van der Waals surface area contributed by atoms with Crippen LogP contribution in [0.5, 0.6) is 5.75 Å². The molecule has 0 heterocycles. The van der Waals surface area contributed by atoms with Crippen LogP contribution in [-0.4, -0.2) is 23.5 Å². The number of hydrogen-bond donors (Lipinski definition) is 1. The monoisotopic (exact) mass is 454 g/mol. The Morgan fingerprint density at radius 3 is 2.24 bits per heavy atom. The molecule has 0 aromatic heterocycles. The molecule has 0 spiro atoms. The van der Waals surface area contributed by atoms with Crippen LogP contribution in [0, 0.1) is 0 Å². The van der Waals surface area contributed by atoms with Gasteiger partial charge < -0.3 is 9.84 Å². The smallest absolute Gasteiger partial charge is 0.338 e. The molecule has 34 heavy (non-hydrogen) atoms. The Labute approximate surface area is 200 Å². The van der Waals surface area contributed by atoms with E-state index in [0.29, 0.717) is 12.2 Å². The molecule has 3 aromatic carbocycles. The van der Waals surface area contributed by atoms with Crippen molar-refractivity contribution in [1.82, 2.24) is 0 Å². The van der Waals surface area contributed by atoms with Crippen molar-refractivity contribution in [3.05, 3.63) is 106 Å². The number of phenolic OH excluding ortho intramolecular Hbond substituents is 1. The molecule has 0 saturated heterocycles. The molecule has 1 atom stereocenters. The molecule has 1 unspecified atom stereocenters. The highest BCUT2D eigenvalue weighted by Gasteiger charge is 2.30. The summed E-state index contributed by atoms with van der Waals surface area (Å²) in [6.07, 6.45) is 3.15. The Kier molecular flexibility index (Phi) is 6.43. The molecule has 0 aliphatic heterocycles. The van der Waals surface area contributed by atoms with Crippen LogP contribution in [0.1, 0.15) is 78.2 Å². The summed E-state index contributed by atoms with van der Waals surface area (Å²) in [7, 11) is 0. The average molecular weight is 455 g/mol. The summed E-state index contributed by atoms with van der Waals surface area (Å²) >= 11 is 0. The fraction of sp³-hybridized carbons (Fsp3) is 0.267. The molecule has 1 N–H and O–H groups in total. The number of Topliss-reactive ketones (excluding diaryl/α,β-unsaturated/α-hetero) is 1. The molecule has 174 valence electrons. The number of allylic oxidation sites excluding steroid dienone is 1. The molecule has 4 heteroatoms. The first-order chi connectivity index (χ1) is 16.2. The Bertz CT molecular complexity index is 1250. The second-order valence-corrected chi connectivity index (χ2v) is 9.44. The van der Waals surface area contributed by atoms with Gasteiger partial charge in [-0.1, -0.05) is 56.3 Å². The van der Waals surface area contributed by atoms with E-state index < -0.39 is 5.92 Å². The van der Waals surface area contributed by atoms with Gasteiger partial charge >= 0.3 is 5.97 Å². The normalized spacial score (nSPS) is 15.1. The van der Waals surface area contributed by atoms with E-state index in [-0.39, 0.29) is 22.9 Å². The molecule has 3 aromatic rings. The first-order valence-electron chi connectivity index (χ1n) is 11.6. The van der Waals surface area contributed by atoms with Crippen molar-refractivity contribution in [2.24, 2.45) is 0 Å². The van der Waals surface area contributed by atoms with Gasteiger partial charge in [0, 0.05) is 0 Å². The third-order valence-electron chi connectivity index (χ3n) is 6.55. The fourth-order valence-electron chi connectivity index (χ4n) is 4.73. The number of rotatable bonds is 6. The van der Waals surface area contributed by atoms with Crippen molar-refractivity contribution < 1.29 is 19.4 Å². The molecule has 0 amide bonds. The Morgan fingerprint density at radius 1 is 0.971 bits per heavy atom. The van der Waals surface area contributed by atoms with Gasteiger partial charge in [-0.2, -0.15) is 0 Å². The van der Waals surface area contributed by atoms with E-state index >= 15 is 0 Å². The van der Waals surface area contributed by atoms with E-state index in [2.05, 4.69) is 32.1 Å². The zero-order valence-electron chi connectivity index (χ0n) is 20.1. The molecule has 4 nitrogen and oxygen atoms in total. The highest BCUT2D eigenvalue weighted by atomic mass is 16.5. The maximum atomic E-state index is 12.8. The minimum Gasteiger partial charge on any atom is -0.508 e. The maximum absolute atomic E-state index is 12.8. The number of carbonyl (C=O) groups is 2. The van der Waals surface area contributed by atoms with Crippen molar-refractivity contribution in [2.45, 2.75) is 45.4 Å². The second kappa shape index (κ2) is 9.30. The molecule has 1 aliphatic rings. The van der Waals surface area contributed by atoms with E-state index in [4.69, 9.17) is 4.74 Å². The summed E-state index contributed by atoms with van der Waals surface area (Å²) in [4.78, 5) is 24.8. The fourth-order valence-corrected chi connectivity index (χ4v) is 4.73. The number of fused-ring (bicyclic) bond motifs is 1. The van der Waals surface area contributed by atoms with Crippen LogP contribution in [0.2, 0.25) is 0 Å². The van der Waals surface area contributed by atoms with E-state index in [1.165, 1.54) is 5.56 Å². The Balaban J connectivity index is 1.78. The molecule has 0 saturated carbocycles. The topological polar surface area (TPSA) is 63.6 Å². The quantitative estimate of drug-likeness (QED) is 0.438. The zero-order valence-corrected chi connectivity index (χ0v) is 20.1. The first kappa shape index (κ1) is 23.5. The van der Waals surface area contributed by atoms with E-state index in [1.807, 2.05) is 30.3 Å². The summed E-state index contributed by atoms with van der Waals surface area (Å²) in [5.41, 5.74) is 6.68. The van der Waals surface area contributed by atoms with Crippen LogP contribution in [-0.2, 0) is 14.9 Å². The van der Waals surface area contributed by atoms with Gasteiger partial charge in [0.05, 0.1) is 18.1 Å². The Hall–Kier alpha value is -3.66. The molecule has 0 radical (unpaired) electrons. The van der Waals surface area contributed by atoms with Crippen LogP contribution in [0.4, 0.5) is 0 Å². The number of hydrogen-bond acceptors (Lipinski definition) is 4. The van der Waals surface area contributed by atoms with Crippen molar-refractivity contribution in [1.29, 1.82) is 0 Å². The van der Waals surface area contributed by atoms with E-state index in [9.17, 15) is 14.7 Å². The highest BCUT2D eigenvalue weighted by molar-refractivity contribution is 5.91. The van der Waals surface area contributed by atoms with Gasteiger partial charge in [-0.15, -0.1) is 0 Å². The summed E-state index contributed by atoms with van der Waals surface area (Å²) in [6, 6.07) is 20.6. The largest absolute Gasteiger partial charge is 0.508 e. The zero-order chi connectivity index (χ0) is 24.5. The van der Waals surface area contributed by atoms with Crippen LogP contribution in [0.15, 0.2) is 72.8 Å². The summed E-state index contributed by atoms with van der Waals surface area (Å²) in [5.74, 6) is -0.535. The maximum Gasteiger partial charge on any atom is 0.338 e. The molecule has 4 rings (SSSR count). The number of ether oxygens (including phenoxy) is 1. The summed E-state index contributed by atoms with van der Waals surface area (Å²) in [5, 5.41) is 9.74. The van der Waals surface area contributed by atoms with E-state index in [0.717, 1.165) is 34.2 Å². The summed E-state index contributed by atoms with van der Waals surface area (Å²) < 4.78 is 5.08. The predicted molar refractivity (Wildman–Crippen MR) is 134 cm³/mol. The summed E-state index contributed by atoms with van der Waals surface area (Å²) in [6.45, 7) is 8.15. The number of aromatic hydroxyl groups is 1. The number of ketones is 1. The second-order valence-electron chi connectivity index (χ2n) is 9.44. The lowest BCUT2D eigenvalue weighted by molar-refractivity contribution is -0.117. The minimum absolute atomic E-state index is 0.0265. The molecule has 1 aliphatic carbocycles. The molecule has 0 bridgehead atoms. The van der Waals surface area contributed by atoms with Crippen LogP contribution in [0.3, 0.4) is 0 Å². The lowest BCUT2D eigenvalue weighted by Crippen LogP contribution is -2.22. The number of benzene rings is 3. The van der Waals surface area contributed by atoms with Crippen LogP contribution >= 0.6 is 0 Å². The van der Waals surface area contributed by atoms with Gasteiger partial charge in [-0.3, -0.25) is 4.79 Å².